The molecule has 3 heteroatoms. The Morgan fingerprint density at radius 1 is 1.35 bits per heavy atom. The maximum atomic E-state index is 5.75. The SMILES string of the molecule is CC1CCC(c2ccccc2Br)N(C)/C1=C\N. The molecule has 0 aliphatic carbocycles. The highest BCUT2D eigenvalue weighted by Gasteiger charge is 2.28. The first-order valence-electron chi connectivity index (χ1n) is 6.04. The molecule has 1 aliphatic rings. The van der Waals surface area contributed by atoms with Crippen molar-refractivity contribution in [2.45, 2.75) is 25.8 Å². The van der Waals surface area contributed by atoms with Gasteiger partial charge in [0.15, 0.2) is 0 Å². The molecule has 0 spiro atoms. The molecule has 17 heavy (non-hydrogen) atoms. The summed E-state index contributed by atoms with van der Waals surface area (Å²) in [4.78, 5) is 2.31. The summed E-state index contributed by atoms with van der Waals surface area (Å²) < 4.78 is 1.18. The van der Waals surface area contributed by atoms with Gasteiger partial charge in [0.1, 0.15) is 0 Å². The van der Waals surface area contributed by atoms with Gasteiger partial charge in [0.2, 0.25) is 0 Å². The van der Waals surface area contributed by atoms with E-state index in [9.17, 15) is 0 Å². The van der Waals surface area contributed by atoms with Crippen molar-refractivity contribution in [2.75, 3.05) is 7.05 Å². The molecule has 2 N–H and O–H groups in total. The molecule has 2 rings (SSSR count). The van der Waals surface area contributed by atoms with Crippen molar-refractivity contribution in [3.05, 3.63) is 46.2 Å². The average Bonchev–Trinajstić information content (AvgIpc) is 2.31. The molecule has 2 unspecified atom stereocenters. The number of benzene rings is 1. The second-order valence-electron chi connectivity index (χ2n) is 4.72. The van der Waals surface area contributed by atoms with E-state index in [1.54, 1.807) is 6.20 Å². The molecule has 1 heterocycles. The zero-order chi connectivity index (χ0) is 12.4. The molecule has 1 aromatic rings. The number of likely N-dealkylation sites (tertiary alicyclic amines) is 1. The molecule has 2 atom stereocenters. The molecule has 0 amide bonds. The monoisotopic (exact) mass is 294 g/mol. The van der Waals surface area contributed by atoms with Crippen LogP contribution in [0.5, 0.6) is 0 Å². The summed E-state index contributed by atoms with van der Waals surface area (Å²) >= 11 is 3.64. The zero-order valence-electron chi connectivity index (χ0n) is 10.4. The molecule has 1 fully saturated rings. The van der Waals surface area contributed by atoms with E-state index in [0.717, 1.165) is 0 Å². The first-order chi connectivity index (χ1) is 8.15. The average molecular weight is 295 g/mol. The van der Waals surface area contributed by atoms with Crippen LogP contribution in [0.2, 0.25) is 0 Å². The van der Waals surface area contributed by atoms with Crippen LogP contribution in [0.15, 0.2) is 40.6 Å². The normalized spacial score (nSPS) is 27.5. The van der Waals surface area contributed by atoms with Gasteiger partial charge in [-0.2, -0.15) is 0 Å². The van der Waals surface area contributed by atoms with E-state index in [4.69, 9.17) is 5.73 Å². The van der Waals surface area contributed by atoms with E-state index >= 15 is 0 Å². The second kappa shape index (κ2) is 5.13. The Balaban J connectivity index is 2.32. The first-order valence-corrected chi connectivity index (χ1v) is 6.83. The smallest absolute Gasteiger partial charge is 0.0548 e. The van der Waals surface area contributed by atoms with Crippen LogP contribution < -0.4 is 5.73 Å². The lowest BCUT2D eigenvalue weighted by atomic mass is 9.88. The largest absolute Gasteiger partial charge is 0.403 e. The van der Waals surface area contributed by atoms with E-state index in [1.165, 1.54) is 28.6 Å². The third-order valence-corrected chi connectivity index (χ3v) is 4.41. The quantitative estimate of drug-likeness (QED) is 0.857. The van der Waals surface area contributed by atoms with Crippen LogP contribution in [0.3, 0.4) is 0 Å². The Labute approximate surface area is 112 Å². The van der Waals surface area contributed by atoms with Crippen LogP contribution in [-0.4, -0.2) is 11.9 Å². The van der Waals surface area contributed by atoms with E-state index in [0.29, 0.717) is 12.0 Å². The predicted octanol–water partition coefficient (Wildman–Crippen LogP) is 3.65. The molecule has 0 radical (unpaired) electrons. The third kappa shape index (κ3) is 2.34. The van der Waals surface area contributed by atoms with Crippen LogP contribution in [-0.2, 0) is 0 Å². The van der Waals surface area contributed by atoms with Crippen molar-refractivity contribution in [1.82, 2.24) is 4.90 Å². The Bertz CT molecular complexity index is 428. The van der Waals surface area contributed by atoms with Crippen molar-refractivity contribution in [3.63, 3.8) is 0 Å². The molecule has 0 saturated carbocycles. The Hall–Kier alpha value is -0.960. The number of allylic oxidation sites excluding steroid dienone is 1. The fourth-order valence-electron chi connectivity index (χ4n) is 2.67. The van der Waals surface area contributed by atoms with Crippen molar-refractivity contribution in [1.29, 1.82) is 0 Å². The van der Waals surface area contributed by atoms with Gasteiger partial charge in [-0.3, -0.25) is 0 Å². The van der Waals surface area contributed by atoms with Crippen LogP contribution in [0.1, 0.15) is 31.4 Å². The maximum Gasteiger partial charge on any atom is 0.0548 e. The lowest BCUT2D eigenvalue weighted by Crippen LogP contribution is -2.33. The number of halogens is 1. The highest BCUT2D eigenvalue weighted by atomic mass is 79.9. The molecule has 0 bridgehead atoms. The first kappa shape index (κ1) is 12.5. The second-order valence-corrected chi connectivity index (χ2v) is 5.57. The van der Waals surface area contributed by atoms with Crippen molar-refractivity contribution in [2.24, 2.45) is 11.7 Å². The van der Waals surface area contributed by atoms with Gasteiger partial charge in [0.25, 0.3) is 0 Å². The Morgan fingerprint density at radius 2 is 2.06 bits per heavy atom. The number of piperidine rings is 1. The minimum Gasteiger partial charge on any atom is -0.403 e. The van der Waals surface area contributed by atoms with Crippen LogP contribution in [0.4, 0.5) is 0 Å². The van der Waals surface area contributed by atoms with Gasteiger partial charge in [0, 0.05) is 23.4 Å². The van der Waals surface area contributed by atoms with Gasteiger partial charge in [-0.25, -0.2) is 0 Å². The van der Waals surface area contributed by atoms with Crippen molar-refractivity contribution in [3.8, 4) is 0 Å². The zero-order valence-corrected chi connectivity index (χ0v) is 11.9. The molecule has 1 aliphatic heterocycles. The number of hydrogen-bond acceptors (Lipinski definition) is 2. The maximum absolute atomic E-state index is 5.75. The summed E-state index contributed by atoms with van der Waals surface area (Å²) in [6.45, 7) is 2.24. The lowest BCUT2D eigenvalue weighted by Gasteiger charge is -2.40. The number of nitrogens with zero attached hydrogens (tertiary/aromatic N) is 1. The van der Waals surface area contributed by atoms with E-state index in [2.05, 4.69) is 59.1 Å². The fourth-order valence-corrected chi connectivity index (χ4v) is 3.22. The van der Waals surface area contributed by atoms with E-state index in [1.807, 2.05) is 0 Å². The minimum absolute atomic E-state index is 0.427. The molecule has 2 nitrogen and oxygen atoms in total. The van der Waals surface area contributed by atoms with Crippen molar-refractivity contribution >= 4 is 15.9 Å². The van der Waals surface area contributed by atoms with Crippen molar-refractivity contribution < 1.29 is 0 Å². The summed E-state index contributed by atoms with van der Waals surface area (Å²) in [7, 11) is 2.14. The number of rotatable bonds is 1. The molecule has 92 valence electrons. The molecule has 1 saturated heterocycles. The van der Waals surface area contributed by atoms with Gasteiger partial charge in [-0.15, -0.1) is 0 Å². The topological polar surface area (TPSA) is 29.3 Å². The highest BCUT2D eigenvalue weighted by Crippen LogP contribution is 2.39. The molecule has 0 aromatic heterocycles. The summed E-state index contributed by atoms with van der Waals surface area (Å²) in [6.07, 6.45) is 4.13. The number of hydrogen-bond donors (Lipinski definition) is 1. The standard InChI is InChI=1S/C14H19BrN2/c1-10-7-8-13(17(2)14(10)9-16)11-5-3-4-6-12(11)15/h3-6,9-10,13H,7-8,16H2,1-2H3/b14-9-. The number of nitrogens with two attached hydrogens (primary N) is 1. The Morgan fingerprint density at radius 3 is 2.71 bits per heavy atom. The van der Waals surface area contributed by atoms with Crippen LogP contribution in [0.25, 0.3) is 0 Å². The Kier molecular flexibility index (Phi) is 3.77. The summed E-state index contributed by atoms with van der Waals surface area (Å²) in [5.41, 5.74) is 8.34. The summed E-state index contributed by atoms with van der Waals surface area (Å²) in [5, 5.41) is 0. The van der Waals surface area contributed by atoms with Crippen LogP contribution in [0, 0.1) is 5.92 Å². The third-order valence-electron chi connectivity index (χ3n) is 3.69. The van der Waals surface area contributed by atoms with Crippen LogP contribution >= 0.6 is 15.9 Å². The van der Waals surface area contributed by atoms with Gasteiger partial charge in [-0.05, 0) is 30.4 Å². The van der Waals surface area contributed by atoms with Gasteiger partial charge >= 0.3 is 0 Å². The molecular weight excluding hydrogens is 276 g/mol. The van der Waals surface area contributed by atoms with E-state index < -0.39 is 0 Å². The fraction of sp³-hybridized carbons (Fsp3) is 0.429. The molecular formula is C14H19BrN2. The van der Waals surface area contributed by atoms with E-state index in [-0.39, 0.29) is 0 Å². The van der Waals surface area contributed by atoms with Gasteiger partial charge in [-0.1, -0.05) is 41.1 Å². The lowest BCUT2D eigenvalue weighted by molar-refractivity contribution is 0.205. The van der Waals surface area contributed by atoms with Gasteiger partial charge in [0.05, 0.1) is 6.04 Å². The summed E-state index contributed by atoms with van der Waals surface area (Å²) in [5.74, 6) is 0.559. The predicted molar refractivity (Wildman–Crippen MR) is 75.3 cm³/mol. The highest BCUT2D eigenvalue weighted by molar-refractivity contribution is 9.10. The molecule has 1 aromatic carbocycles. The minimum atomic E-state index is 0.427. The van der Waals surface area contributed by atoms with Gasteiger partial charge < -0.3 is 10.6 Å². The summed E-state index contributed by atoms with van der Waals surface area (Å²) in [6, 6.07) is 8.87.